The number of hydrogen-bond donors (Lipinski definition) is 0. The smallest absolute Gasteiger partial charge is 0.0520 e. The molecule has 0 spiro atoms. The zero-order valence-electron chi connectivity index (χ0n) is 12.8. The van der Waals surface area contributed by atoms with Crippen molar-refractivity contribution in [3.05, 3.63) is 71.8 Å². The highest BCUT2D eigenvalue weighted by Crippen LogP contribution is 2.34. The predicted molar refractivity (Wildman–Crippen MR) is 93.7 cm³/mol. The van der Waals surface area contributed by atoms with Gasteiger partial charge in [0.1, 0.15) is 0 Å². The Morgan fingerprint density at radius 3 is 1.64 bits per heavy atom. The van der Waals surface area contributed by atoms with Crippen LogP contribution in [0.3, 0.4) is 0 Å². The van der Waals surface area contributed by atoms with Gasteiger partial charge in [0.2, 0.25) is 0 Å². The summed E-state index contributed by atoms with van der Waals surface area (Å²) in [5.74, 6) is 2.56. The normalized spacial score (nSPS) is 25.5. The lowest BCUT2D eigenvalue weighted by Gasteiger charge is -2.22. The summed E-state index contributed by atoms with van der Waals surface area (Å²) >= 11 is 2.11. The van der Waals surface area contributed by atoms with Gasteiger partial charge in [-0.25, -0.2) is 0 Å². The molecule has 2 saturated heterocycles. The van der Waals surface area contributed by atoms with Gasteiger partial charge in [-0.2, -0.15) is 11.8 Å². The van der Waals surface area contributed by atoms with Gasteiger partial charge in [0.25, 0.3) is 0 Å². The Morgan fingerprint density at radius 2 is 1.18 bits per heavy atom. The maximum absolute atomic E-state index is 2.67. The quantitative estimate of drug-likeness (QED) is 0.854. The summed E-state index contributed by atoms with van der Waals surface area (Å²) in [6, 6.07) is 23.2. The van der Waals surface area contributed by atoms with E-state index in [2.05, 4.69) is 82.2 Å². The average Bonchev–Trinajstić information content (AvgIpc) is 3.15. The molecule has 4 rings (SSSR count). The van der Waals surface area contributed by atoms with Crippen LogP contribution in [-0.2, 0) is 13.1 Å². The van der Waals surface area contributed by atoms with E-state index >= 15 is 0 Å². The number of fused-ring (bicyclic) bond motifs is 1. The van der Waals surface area contributed by atoms with Crippen molar-refractivity contribution in [2.24, 2.45) is 0 Å². The standard InChI is InChI=1S/C19H22N2S/c1-3-7-16(8-4-1)11-20-15-21(19-14-22-13-18(19)20)12-17-9-5-2-6-10-17/h1-10,18-19H,11-15H2/t18-,19+. The van der Waals surface area contributed by atoms with Gasteiger partial charge in [-0.15, -0.1) is 0 Å². The van der Waals surface area contributed by atoms with Crippen LogP contribution in [0.5, 0.6) is 0 Å². The van der Waals surface area contributed by atoms with Crippen molar-refractivity contribution in [3.63, 3.8) is 0 Å². The van der Waals surface area contributed by atoms with Crippen molar-refractivity contribution >= 4 is 11.8 Å². The van der Waals surface area contributed by atoms with Gasteiger partial charge >= 0.3 is 0 Å². The van der Waals surface area contributed by atoms with Gasteiger partial charge in [-0.1, -0.05) is 60.7 Å². The molecule has 2 aromatic carbocycles. The highest BCUT2D eigenvalue weighted by molar-refractivity contribution is 7.99. The monoisotopic (exact) mass is 310 g/mol. The largest absolute Gasteiger partial charge is 0.281 e. The van der Waals surface area contributed by atoms with Gasteiger partial charge in [-0.05, 0) is 11.1 Å². The van der Waals surface area contributed by atoms with Crippen LogP contribution >= 0.6 is 11.8 Å². The Bertz CT molecular complexity index is 548. The van der Waals surface area contributed by atoms with E-state index in [4.69, 9.17) is 0 Å². The van der Waals surface area contributed by atoms with Crippen LogP contribution in [0.25, 0.3) is 0 Å². The molecular weight excluding hydrogens is 288 g/mol. The van der Waals surface area contributed by atoms with Gasteiger partial charge in [0.05, 0.1) is 6.67 Å². The third-order valence-electron chi connectivity index (χ3n) is 4.78. The SMILES string of the molecule is c1ccc(CN2CN(Cc3ccccc3)[C@H]3CSC[C@H]32)cc1. The molecule has 0 saturated carbocycles. The van der Waals surface area contributed by atoms with Crippen molar-refractivity contribution in [1.29, 1.82) is 0 Å². The molecular formula is C19H22N2S. The Balaban J connectivity index is 1.48. The fourth-order valence-corrected chi connectivity index (χ4v) is 5.13. The van der Waals surface area contributed by atoms with Gasteiger partial charge in [-0.3, -0.25) is 9.80 Å². The minimum absolute atomic E-state index is 0.717. The summed E-state index contributed by atoms with van der Waals surface area (Å²) in [6.07, 6.45) is 0. The minimum atomic E-state index is 0.717. The van der Waals surface area contributed by atoms with Crippen molar-refractivity contribution in [2.45, 2.75) is 25.2 Å². The molecule has 0 unspecified atom stereocenters. The van der Waals surface area contributed by atoms with Gasteiger partial charge < -0.3 is 0 Å². The lowest BCUT2D eigenvalue weighted by Crippen LogP contribution is -2.35. The zero-order chi connectivity index (χ0) is 14.8. The van der Waals surface area contributed by atoms with E-state index in [0.29, 0.717) is 12.1 Å². The summed E-state index contributed by atoms with van der Waals surface area (Å²) in [6.45, 7) is 3.25. The Labute approximate surface area is 137 Å². The Kier molecular flexibility index (Phi) is 4.20. The highest BCUT2D eigenvalue weighted by atomic mass is 32.2. The Morgan fingerprint density at radius 1 is 0.727 bits per heavy atom. The first-order valence-electron chi connectivity index (χ1n) is 8.04. The van der Waals surface area contributed by atoms with Gasteiger partial charge in [0.15, 0.2) is 0 Å². The number of nitrogens with zero attached hydrogens (tertiary/aromatic N) is 2. The third-order valence-corrected chi connectivity index (χ3v) is 5.93. The van der Waals surface area contributed by atoms with E-state index in [1.807, 2.05) is 0 Å². The number of rotatable bonds is 4. The maximum Gasteiger partial charge on any atom is 0.0520 e. The number of thioether (sulfide) groups is 1. The summed E-state index contributed by atoms with van der Waals surface area (Å²) in [7, 11) is 0. The molecule has 114 valence electrons. The molecule has 2 heterocycles. The first-order chi connectivity index (χ1) is 10.9. The van der Waals surface area contributed by atoms with Gasteiger partial charge in [0, 0.05) is 36.7 Å². The Hall–Kier alpha value is -1.29. The molecule has 2 atom stereocenters. The molecule has 2 nitrogen and oxygen atoms in total. The molecule has 0 aromatic heterocycles. The van der Waals surface area contributed by atoms with Crippen molar-refractivity contribution in [2.75, 3.05) is 18.2 Å². The van der Waals surface area contributed by atoms with Crippen LogP contribution < -0.4 is 0 Å². The fraction of sp³-hybridized carbons (Fsp3) is 0.368. The van der Waals surface area contributed by atoms with E-state index in [1.165, 1.54) is 22.6 Å². The van der Waals surface area contributed by atoms with Crippen LogP contribution in [0, 0.1) is 0 Å². The molecule has 2 fully saturated rings. The molecule has 0 radical (unpaired) electrons. The maximum atomic E-state index is 2.67. The molecule has 0 amide bonds. The predicted octanol–water partition coefficient (Wildman–Crippen LogP) is 3.45. The first-order valence-corrected chi connectivity index (χ1v) is 9.19. The molecule has 3 heteroatoms. The van der Waals surface area contributed by atoms with E-state index < -0.39 is 0 Å². The van der Waals surface area contributed by atoms with Crippen LogP contribution in [0.1, 0.15) is 11.1 Å². The second-order valence-electron chi connectivity index (χ2n) is 6.28. The molecule has 22 heavy (non-hydrogen) atoms. The second-order valence-corrected chi connectivity index (χ2v) is 7.35. The second kappa shape index (κ2) is 6.45. The third kappa shape index (κ3) is 2.94. The summed E-state index contributed by atoms with van der Waals surface area (Å²) < 4.78 is 0. The first kappa shape index (κ1) is 14.3. The van der Waals surface area contributed by atoms with Crippen LogP contribution in [0.2, 0.25) is 0 Å². The number of hydrogen-bond acceptors (Lipinski definition) is 3. The topological polar surface area (TPSA) is 6.48 Å². The number of benzene rings is 2. The van der Waals surface area contributed by atoms with Crippen LogP contribution in [-0.4, -0.2) is 40.1 Å². The molecule has 2 aromatic rings. The zero-order valence-corrected chi connectivity index (χ0v) is 13.6. The van der Waals surface area contributed by atoms with Crippen LogP contribution in [0.4, 0.5) is 0 Å². The molecule has 0 N–H and O–H groups in total. The molecule has 0 aliphatic carbocycles. The van der Waals surface area contributed by atoms with E-state index in [0.717, 1.165) is 19.8 Å². The summed E-state index contributed by atoms with van der Waals surface area (Å²) in [5.41, 5.74) is 2.86. The highest BCUT2D eigenvalue weighted by Gasteiger charge is 2.42. The fourth-order valence-electron chi connectivity index (χ4n) is 3.64. The lowest BCUT2D eigenvalue weighted by molar-refractivity contribution is 0.210. The van der Waals surface area contributed by atoms with Crippen LogP contribution in [0.15, 0.2) is 60.7 Å². The van der Waals surface area contributed by atoms with Crippen molar-refractivity contribution in [1.82, 2.24) is 9.80 Å². The molecule has 0 bridgehead atoms. The average molecular weight is 310 g/mol. The van der Waals surface area contributed by atoms with E-state index in [-0.39, 0.29) is 0 Å². The lowest BCUT2D eigenvalue weighted by atomic mass is 10.1. The molecule has 2 aliphatic heterocycles. The van der Waals surface area contributed by atoms with Crippen molar-refractivity contribution < 1.29 is 0 Å². The molecule has 2 aliphatic rings. The van der Waals surface area contributed by atoms with Crippen molar-refractivity contribution in [3.8, 4) is 0 Å². The summed E-state index contributed by atoms with van der Waals surface area (Å²) in [4.78, 5) is 5.34. The minimum Gasteiger partial charge on any atom is -0.281 e. The van der Waals surface area contributed by atoms with E-state index in [9.17, 15) is 0 Å². The van der Waals surface area contributed by atoms with E-state index in [1.54, 1.807) is 0 Å². The summed E-state index contributed by atoms with van der Waals surface area (Å²) in [5, 5.41) is 0.